The summed E-state index contributed by atoms with van der Waals surface area (Å²) in [6, 6.07) is 11.3. The molecule has 0 bridgehead atoms. The second-order valence-electron chi connectivity index (χ2n) is 21.4. The van der Waals surface area contributed by atoms with Gasteiger partial charge in [-0.1, -0.05) is 125 Å². The van der Waals surface area contributed by atoms with Crippen LogP contribution in [-0.4, -0.2) is 31.3 Å². The lowest BCUT2D eigenvalue weighted by atomic mass is 9.78. The number of carbonyl (C=O) groups excluding carboxylic acids is 1. The smallest absolute Gasteiger partial charge is 0.386 e. The molecule has 0 fully saturated rings. The molecule has 0 spiro atoms. The molecule has 0 saturated carbocycles. The third kappa shape index (κ3) is 10.1. The summed E-state index contributed by atoms with van der Waals surface area (Å²) < 4.78 is 0. The van der Waals surface area contributed by atoms with E-state index in [-0.39, 0.29) is 69.4 Å². The fourth-order valence-corrected chi connectivity index (χ4v) is 6.90. The van der Waals surface area contributed by atoms with Crippen LogP contribution in [0.1, 0.15) is 175 Å². The minimum absolute atomic E-state index is 0.0252. The number of aromatic hydroxyl groups is 3. The van der Waals surface area contributed by atoms with Crippen LogP contribution < -0.4 is 0 Å². The Morgan fingerprint density at radius 1 is 0.463 bits per heavy atom. The third-order valence-corrected chi connectivity index (χ3v) is 10.0. The van der Waals surface area contributed by atoms with Gasteiger partial charge in [0.05, 0.1) is 0 Å². The van der Waals surface area contributed by atoms with E-state index >= 15 is 0 Å². The van der Waals surface area contributed by atoms with Crippen molar-refractivity contribution in [2.45, 2.75) is 177 Å². The van der Waals surface area contributed by atoms with Crippen molar-refractivity contribution < 1.29 is 20.1 Å². The zero-order valence-corrected chi connectivity index (χ0v) is 36.7. The van der Waals surface area contributed by atoms with Crippen molar-refractivity contribution in [3.8, 4) is 17.2 Å². The van der Waals surface area contributed by atoms with Crippen molar-refractivity contribution in [1.82, 2.24) is 9.91 Å². The molecule has 0 unspecified atom stereocenters. The Morgan fingerprint density at radius 3 is 0.852 bits per heavy atom. The lowest BCUT2D eigenvalue weighted by Crippen LogP contribution is -2.39. The van der Waals surface area contributed by atoms with E-state index in [4.69, 9.17) is 6.57 Å². The van der Waals surface area contributed by atoms with Gasteiger partial charge in [0.15, 0.2) is 0 Å². The average Bonchev–Trinajstić information content (AvgIpc) is 2.97. The van der Waals surface area contributed by atoms with Crippen LogP contribution in [0.25, 0.3) is 4.95 Å². The van der Waals surface area contributed by atoms with E-state index < -0.39 is 6.03 Å². The molecule has 0 heterocycles. The van der Waals surface area contributed by atoms with Crippen LogP contribution >= 0.6 is 0 Å². The largest absolute Gasteiger partial charge is 0.507 e. The van der Waals surface area contributed by atoms with Crippen LogP contribution in [0.15, 0.2) is 36.4 Å². The molecule has 296 valence electrons. The van der Waals surface area contributed by atoms with Crippen LogP contribution in [0.5, 0.6) is 17.2 Å². The molecule has 0 atom stereocenters. The topological polar surface area (TPSA) is 88.6 Å². The Balaban J connectivity index is 2.30. The number of carbonyl (C=O) groups is 1. The van der Waals surface area contributed by atoms with Crippen LogP contribution in [0, 0.1) is 6.57 Å². The predicted octanol–water partition coefficient (Wildman–Crippen LogP) is 12.0. The number of benzene rings is 3. The second kappa shape index (κ2) is 14.8. The maximum atomic E-state index is 14.9. The summed E-state index contributed by atoms with van der Waals surface area (Å²) in [6.07, 6.45) is 0. The molecule has 0 radical (unpaired) electrons. The quantitative estimate of drug-likeness (QED) is 0.173. The molecule has 0 saturated heterocycles. The van der Waals surface area contributed by atoms with E-state index in [0.29, 0.717) is 0 Å². The Hall–Kier alpha value is -4.18. The van der Waals surface area contributed by atoms with Gasteiger partial charge in [-0.25, -0.2) is 4.79 Å². The summed E-state index contributed by atoms with van der Waals surface area (Å²) in [4.78, 5) is 20.4. The molecular weight excluding hydrogens is 671 g/mol. The van der Waals surface area contributed by atoms with Gasteiger partial charge in [0.25, 0.3) is 0 Å². The monoisotopic (exact) mass is 740 g/mol. The average molecular weight is 740 g/mol. The van der Waals surface area contributed by atoms with E-state index in [1.54, 1.807) is 4.90 Å². The number of phenolic OH excluding ortho intramolecular Hbond substituents is 3. The van der Waals surface area contributed by atoms with Gasteiger partial charge < -0.3 is 20.2 Å². The van der Waals surface area contributed by atoms with Gasteiger partial charge >= 0.3 is 6.03 Å². The Kier molecular flexibility index (Phi) is 12.1. The van der Waals surface area contributed by atoms with Crippen molar-refractivity contribution in [1.29, 1.82) is 0 Å². The molecule has 0 aliphatic heterocycles. The van der Waals surface area contributed by atoms with Crippen LogP contribution in [0.4, 0.5) is 4.79 Å². The highest BCUT2D eigenvalue weighted by Crippen LogP contribution is 2.43. The Bertz CT molecular complexity index is 1720. The van der Waals surface area contributed by atoms with Gasteiger partial charge in [-0.2, -0.15) is 11.5 Å². The van der Waals surface area contributed by atoms with Crippen LogP contribution in [0.2, 0.25) is 0 Å². The first-order valence-corrected chi connectivity index (χ1v) is 19.2. The predicted molar refractivity (Wildman–Crippen MR) is 223 cm³/mol. The van der Waals surface area contributed by atoms with Gasteiger partial charge in [-0.15, -0.1) is 0 Å². The SMILES string of the molecule is [C-]#[N+]N(Cc1cc(C(C)(C)C)c(O)c(C(C)(C)C)c1)C(=O)N(Cc1cc(C(C)(C)C)c(O)c(C(C)(C)C)c1)Cc1cc(C(C)(C)C)c(O)c(C(C)(C)C)c1. The van der Waals surface area contributed by atoms with Crippen molar-refractivity contribution in [3.05, 3.63) is 98.0 Å². The van der Waals surface area contributed by atoms with E-state index in [9.17, 15) is 20.1 Å². The number of hydrogen-bond donors (Lipinski definition) is 3. The minimum Gasteiger partial charge on any atom is -0.507 e. The first-order valence-electron chi connectivity index (χ1n) is 19.2. The summed E-state index contributed by atoms with van der Waals surface area (Å²) in [5.41, 5.74) is 4.94. The molecule has 0 aromatic heterocycles. The molecule has 54 heavy (non-hydrogen) atoms. The maximum absolute atomic E-state index is 14.9. The zero-order valence-electron chi connectivity index (χ0n) is 36.7. The number of nitrogens with zero attached hydrogens (tertiary/aromatic N) is 3. The van der Waals surface area contributed by atoms with Gasteiger partial charge in [0, 0.05) is 13.1 Å². The molecule has 0 aliphatic rings. The molecule has 7 heteroatoms. The number of phenols is 3. The Labute approximate surface area is 327 Å². The highest BCUT2D eigenvalue weighted by atomic mass is 16.3. The summed E-state index contributed by atoms with van der Waals surface area (Å²) in [5.74, 6) is 0.771. The molecule has 7 nitrogen and oxygen atoms in total. The highest BCUT2D eigenvalue weighted by Gasteiger charge is 2.33. The van der Waals surface area contributed by atoms with E-state index in [1.807, 2.05) is 77.9 Å². The summed E-state index contributed by atoms with van der Waals surface area (Å²) in [6.45, 7) is 45.7. The lowest BCUT2D eigenvalue weighted by molar-refractivity contribution is 0.160. The molecule has 0 aliphatic carbocycles. The van der Waals surface area contributed by atoms with E-state index in [0.717, 1.165) is 50.1 Å². The fraction of sp³-hybridized carbons (Fsp3) is 0.574. The fourth-order valence-electron chi connectivity index (χ4n) is 6.90. The van der Waals surface area contributed by atoms with Crippen molar-refractivity contribution in [3.63, 3.8) is 0 Å². The van der Waals surface area contributed by atoms with Gasteiger partial charge in [-0.3, -0.25) is 0 Å². The highest BCUT2D eigenvalue weighted by molar-refractivity contribution is 5.75. The first-order chi connectivity index (χ1) is 24.2. The van der Waals surface area contributed by atoms with E-state index in [1.165, 1.54) is 5.01 Å². The van der Waals surface area contributed by atoms with Crippen LogP contribution in [0.3, 0.4) is 0 Å². The lowest BCUT2D eigenvalue weighted by Gasteiger charge is -2.31. The number of hydrogen-bond acceptors (Lipinski definition) is 4. The summed E-state index contributed by atoms with van der Waals surface area (Å²) >= 11 is 0. The molecule has 3 rings (SSSR count). The second-order valence-corrected chi connectivity index (χ2v) is 21.4. The number of urea groups is 1. The van der Waals surface area contributed by atoms with Crippen LogP contribution in [-0.2, 0) is 52.1 Å². The van der Waals surface area contributed by atoms with Crippen molar-refractivity contribution >= 4 is 6.03 Å². The minimum atomic E-state index is -0.460. The van der Waals surface area contributed by atoms with Crippen molar-refractivity contribution in [2.75, 3.05) is 0 Å². The molecule has 2 amide bonds. The molecular formula is C47H69N3O4. The zero-order chi connectivity index (χ0) is 41.7. The Morgan fingerprint density at radius 2 is 0.667 bits per heavy atom. The van der Waals surface area contributed by atoms with Gasteiger partial charge in [0.2, 0.25) is 0 Å². The maximum Gasteiger partial charge on any atom is 0.386 e. The number of rotatable bonds is 6. The number of amides is 2. The standard InChI is InChI=1S/C47H69N3O4/c1-42(2,3)32-20-29(21-33(38(32)51)43(4,5)6)26-49(27-30-22-34(44(7,8)9)39(52)35(23-30)45(10,11)12)41(54)50(48-19)28-31-24-36(46(13,14)15)40(53)37(25-31)47(16,17)18/h20-25,51-53H,26-28H2,1-18H3. The van der Waals surface area contributed by atoms with E-state index in [2.05, 4.69) is 88.0 Å². The molecule has 3 aromatic rings. The molecule has 3 N–H and O–H groups in total. The van der Waals surface area contributed by atoms with Crippen molar-refractivity contribution in [2.24, 2.45) is 0 Å². The summed E-state index contributed by atoms with van der Waals surface area (Å²) in [5, 5.41) is 35.6. The summed E-state index contributed by atoms with van der Waals surface area (Å²) in [7, 11) is 0. The van der Waals surface area contributed by atoms with Gasteiger partial charge in [0.1, 0.15) is 23.8 Å². The molecule has 3 aromatic carbocycles. The third-order valence-electron chi connectivity index (χ3n) is 10.0. The first kappa shape index (κ1) is 44.2. The normalized spacial score (nSPS) is 13.1. The van der Waals surface area contributed by atoms with Gasteiger partial charge in [-0.05, 0) is 124 Å².